The Morgan fingerprint density at radius 2 is 2.04 bits per heavy atom. The molecule has 0 bridgehead atoms. The van der Waals surface area contributed by atoms with Crippen LogP contribution in [0.1, 0.15) is 15.8 Å². The first-order valence-corrected chi connectivity index (χ1v) is 8.01. The second-order valence-corrected chi connectivity index (χ2v) is 5.71. The summed E-state index contributed by atoms with van der Waals surface area (Å²) in [5.74, 6) is -0.864. The number of aryl methyl sites for hydroxylation is 1. The molecular formula is C20H17N5O2. The summed E-state index contributed by atoms with van der Waals surface area (Å²) < 4.78 is 38.7. The molecule has 1 aromatic carbocycles. The third kappa shape index (κ3) is 3.35. The molecular weight excluding hydrogens is 342 g/mol. The zero-order chi connectivity index (χ0) is 22.3. The van der Waals surface area contributed by atoms with Crippen molar-refractivity contribution in [2.45, 2.75) is 0 Å². The lowest BCUT2D eigenvalue weighted by atomic mass is 10.2. The number of hydrogen-bond acceptors (Lipinski definition) is 5. The van der Waals surface area contributed by atoms with Crippen molar-refractivity contribution in [1.29, 1.82) is 0 Å². The highest BCUT2D eigenvalue weighted by atomic mass is 16.5. The first-order chi connectivity index (χ1) is 14.8. The number of carbonyl (C=O) groups is 1. The molecule has 4 aromatic rings. The van der Waals surface area contributed by atoms with Gasteiger partial charge in [-0.2, -0.15) is 0 Å². The van der Waals surface area contributed by atoms with Crippen LogP contribution < -0.4 is 10.1 Å². The van der Waals surface area contributed by atoms with Crippen molar-refractivity contribution >= 4 is 22.6 Å². The van der Waals surface area contributed by atoms with Gasteiger partial charge in [-0.15, -0.1) is 0 Å². The SMILES string of the molecule is [2H]c1c([2H])c(C(=O)Nc2cc3nc(-c4cncn4C)ccc3cn2)c([2H])c([2H])c1OC. The summed E-state index contributed by atoms with van der Waals surface area (Å²) >= 11 is 0. The summed E-state index contributed by atoms with van der Waals surface area (Å²) in [5, 5.41) is 3.30. The average Bonchev–Trinajstić information content (AvgIpc) is 3.18. The largest absolute Gasteiger partial charge is 0.497 e. The van der Waals surface area contributed by atoms with Gasteiger partial charge in [0.2, 0.25) is 0 Å². The minimum Gasteiger partial charge on any atom is -0.497 e. The topological polar surface area (TPSA) is 81.9 Å². The predicted molar refractivity (Wildman–Crippen MR) is 103 cm³/mol. The molecule has 0 aliphatic carbocycles. The Bertz CT molecular complexity index is 1310. The van der Waals surface area contributed by atoms with Gasteiger partial charge in [-0.1, -0.05) is 0 Å². The van der Waals surface area contributed by atoms with Gasteiger partial charge >= 0.3 is 0 Å². The number of carbonyl (C=O) groups excluding carboxylic acids is 1. The lowest BCUT2D eigenvalue weighted by Gasteiger charge is -2.07. The molecule has 0 aliphatic heterocycles. The summed E-state index contributed by atoms with van der Waals surface area (Å²) in [7, 11) is 3.11. The number of rotatable bonds is 4. The fourth-order valence-corrected chi connectivity index (χ4v) is 2.53. The van der Waals surface area contributed by atoms with E-state index < -0.39 is 35.6 Å². The van der Waals surface area contributed by atoms with Crippen LogP contribution in [0.15, 0.2) is 61.1 Å². The van der Waals surface area contributed by atoms with Gasteiger partial charge < -0.3 is 14.6 Å². The van der Waals surface area contributed by atoms with Crippen molar-refractivity contribution < 1.29 is 15.0 Å². The van der Waals surface area contributed by atoms with Crippen LogP contribution in [-0.2, 0) is 7.05 Å². The molecule has 7 heteroatoms. The van der Waals surface area contributed by atoms with Crippen LogP contribution in [0.2, 0.25) is 0 Å². The van der Waals surface area contributed by atoms with E-state index in [9.17, 15) is 4.79 Å². The molecule has 0 unspecified atom stereocenters. The molecule has 1 amide bonds. The zero-order valence-corrected chi connectivity index (χ0v) is 14.6. The number of ether oxygens (including phenoxy) is 1. The Kier molecular flexibility index (Phi) is 3.20. The first-order valence-electron chi connectivity index (χ1n) is 10.0. The number of amides is 1. The molecule has 27 heavy (non-hydrogen) atoms. The smallest absolute Gasteiger partial charge is 0.256 e. The zero-order valence-electron chi connectivity index (χ0n) is 18.6. The van der Waals surface area contributed by atoms with Crippen LogP contribution >= 0.6 is 0 Å². The monoisotopic (exact) mass is 363 g/mol. The minimum absolute atomic E-state index is 0.167. The highest BCUT2D eigenvalue weighted by molar-refractivity contribution is 6.04. The molecule has 0 spiro atoms. The van der Waals surface area contributed by atoms with E-state index in [1.54, 1.807) is 24.8 Å². The number of nitrogens with zero attached hydrogens (tertiary/aromatic N) is 4. The molecule has 0 saturated carbocycles. The quantitative estimate of drug-likeness (QED) is 0.602. The summed E-state index contributed by atoms with van der Waals surface area (Å²) in [4.78, 5) is 25.6. The summed E-state index contributed by atoms with van der Waals surface area (Å²) in [6, 6.07) is 3.44. The van der Waals surface area contributed by atoms with Gasteiger partial charge in [-0.25, -0.2) is 15.0 Å². The van der Waals surface area contributed by atoms with Crippen LogP contribution in [0, 0.1) is 0 Å². The van der Waals surface area contributed by atoms with E-state index in [2.05, 4.69) is 20.3 Å². The number of anilines is 1. The van der Waals surface area contributed by atoms with Crippen LogP contribution in [-0.4, -0.2) is 32.5 Å². The molecule has 7 nitrogen and oxygen atoms in total. The van der Waals surface area contributed by atoms with Gasteiger partial charge in [0, 0.05) is 30.3 Å². The Morgan fingerprint density at radius 1 is 1.22 bits per heavy atom. The number of aromatic nitrogens is 4. The number of pyridine rings is 2. The van der Waals surface area contributed by atoms with Gasteiger partial charge in [-0.05, 0) is 36.3 Å². The molecule has 1 N–H and O–H groups in total. The number of methoxy groups -OCH3 is 1. The first kappa shape index (κ1) is 12.6. The number of imidazole rings is 1. The minimum atomic E-state index is -0.811. The number of hydrogen-bond donors (Lipinski definition) is 1. The van der Waals surface area contributed by atoms with Gasteiger partial charge in [0.05, 0.1) is 42.0 Å². The van der Waals surface area contributed by atoms with E-state index in [1.165, 1.54) is 7.11 Å². The Hall–Kier alpha value is -3.74. The number of fused-ring (bicyclic) bond motifs is 1. The molecule has 3 heterocycles. The van der Waals surface area contributed by atoms with E-state index in [-0.39, 0.29) is 11.6 Å². The third-order valence-corrected chi connectivity index (χ3v) is 3.93. The maximum atomic E-state index is 12.8. The second kappa shape index (κ2) is 6.87. The number of nitrogens with one attached hydrogen (secondary N) is 1. The van der Waals surface area contributed by atoms with Gasteiger partial charge in [0.1, 0.15) is 11.6 Å². The molecule has 134 valence electrons. The van der Waals surface area contributed by atoms with Crippen molar-refractivity contribution in [3.05, 3.63) is 66.7 Å². The molecule has 0 atom stereocenters. The fourth-order valence-electron chi connectivity index (χ4n) is 2.53. The van der Waals surface area contributed by atoms with E-state index >= 15 is 0 Å². The molecule has 0 aliphatic rings. The predicted octanol–water partition coefficient (Wildman–Crippen LogP) is 3.29. The summed E-state index contributed by atoms with van der Waals surface area (Å²) in [6.45, 7) is 0. The highest BCUT2D eigenvalue weighted by Gasteiger charge is 2.10. The standard InChI is InChI=1S/C20H17N5O2/c1-25-12-21-11-18(25)16-8-5-14-10-22-19(9-17(14)23-16)24-20(26)13-3-6-15(27-2)7-4-13/h3-12H,1-2H3,(H,22,24,26)/i3D,4D,6D,7D. The van der Waals surface area contributed by atoms with E-state index in [0.29, 0.717) is 11.2 Å². The second-order valence-electron chi connectivity index (χ2n) is 5.71. The van der Waals surface area contributed by atoms with Crippen molar-refractivity contribution in [2.24, 2.45) is 7.05 Å². The molecule has 4 rings (SSSR count). The molecule has 0 fully saturated rings. The van der Waals surface area contributed by atoms with Crippen LogP contribution in [0.25, 0.3) is 22.3 Å². The Labute approximate surface area is 161 Å². The lowest BCUT2D eigenvalue weighted by molar-refractivity contribution is 0.102. The van der Waals surface area contributed by atoms with E-state index in [0.717, 1.165) is 11.1 Å². The molecule has 3 aromatic heterocycles. The maximum Gasteiger partial charge on any atom is 0.256 e. The average molecular weight is 363 g/mol. The maximum absolute atomic E-state index is 12.8. The third-order valence-electron chi connectivity index (χ3n) is 3.93. The van der Waals surface area contributed by atoms with E-state index in [4.69, 9.17) is 10.2 Å². The van der Waals surface area contributed by atoms with Crippen molar-refractivity contribution in [3.8, 4) is 17.1 Å². The van der Waals surface area contributed by atoms with E-state index in [1.807, 2.05) is 23.7 Å². The van der Waals surface area contributed by atoms with Crippen LogP contribution in [0.3, 0.4) is 0 Å². The summed E-state index contributed by atoms with van der Waals surface area (Å²) in [6.07, 6.45) is 4.92. The Morgan fingerprint density at radius 3 is 2.74 bits per heavy atom. The van der Waals surface area contributed by atoms with Crippen molar-refractivity contribution in [1.82, 2.24) is 19.5 Å². The lowest BCUT2D eigenvalue weighted by Crippen LogP contribution is -2.12. The summed E-state index contributed by atoms with van der Waals surface area (Å²) in [5.41, 5.74) is 1.71. The van der Waals surface area contributed by atoms with Crippen molar-refractivity contribution in [3.63, 3.8) is 0 Å². The fraction of sp³-hybridized carbons (Fsp3) is 0.100. The van der Waals surface area contributed by atoms with Crippen molar-refractivity contribution in [2.75, 3.05) is 12.4 Å². The molecule has 0 radical (unpaired) electrons. The van der Waals surface area contributed by atoms with Gasteiger partial charge in [0.15, 0.2) is 0 Å². The Balaban J connectivity index is 1.70. The van der Waals surface area contributed by atoms with Crippen LogP contribution in [0.4, 0.5) is 5.82 Å². The van der Waals surface area contributed by atoms with Gasteiger partial charge in [0.25, 0.3) is 5.91 Å². The normalized spacial score (nSPS) is 12.8. The highest BCUT2D eigenvalue weighted by Crippen LogP contribution is 2.22. The van der Waals surface area contributed by atoms with Crippen LogP contribution in [0.5, 0.6) is 5.75 Å². The van der Waals surface area contributed by atoms with Gasteiger partial charge in [-0.3, -0.25) is 4.79 Å². The molecule has 0 saturated heterocycles. The number of benzene rings is 1.